The number of pyridine rings is 2. The van der Waals surface area contributed by atoms with Crippen LogP contribution in [0.3, 0.4) is 0 Å². The Morgan fingerprint density at radius 2 is 1.35 bits per heavy atom. The van der Waals surface area contributed by atoms with Crippen LogP contribution in [-0.4, -0.2) is 9.97 Å². The smallest absolute Gasteiger partial charge is 0.0607 e. The van der Waals surface area contributed by atoms with Gasteiger partial charge in [-0.3, -0.25) is 4.98 Å². The Bertz CT molecular complexity index is 1610. The first-order chi connectivity index (χ1) is 17.8. The van der Waals surface area contributed by atoms with E-state index in [0.717, 1.165) is 28.0 Å². The Kier molecular flexibility index (Phi) is 7.46. The van der Waals surface area contributed by atoms with Gasteiger partial charge in [-0.2, -0.15) is 0 Å². The van der Waals surface area contributed by atoms with Crippen molar-refractivity contribution in [3.05, 3.63) is 145 Å². The average molecular weight is 651 g/mol. The number of nitrogens with zero attached hydrogens (tertiary/aromatic N) is 2. The van der Waals surface area contributed by atoms with Gasteiger partial charge in [0.25, 0.3) is 0 Å². The topological polar surface area (TPSA) is 25.8 Å². The molecule has 1 aliphatic rings. The van der Waals surface area contributed by atoms with Crippen molar-refractivity contribution in [2.45, 2.75) is 0 Å². The van der Waals surface area contributed by atoms with E-state index in [9.17, 15) is 0 Å². The van der Waals surface area contributed by atoms with E-state index in [2.05, 4.69) is 77.8 Å². The predicted molar refractivity (Wildman–Crippen MR) is 149 cm³/mol. The standard InChI is InChI=1S/C17H10N.C17H12N.Ir/c1-2-5-12(6-3-1)16-11-14-10-9-13-7-4-8-15(18-16)17(13)14;1-2-7-14(8-3-1)15-9-6-10-16(13-15)17-11-4-5-12-18-17;/h1-5,7-11H;1-9,11-13H;/q2*-1;. The molecule has 0 saturated carbocycles. The minimum Gasteiger partial charge on any atom is -0.305 e. The van der Waals surface area contributed by atoms with E-state index in [0.29, 0.717) is 0 Å². The molecule has 1 aliphatic carbocycles. The summed E-state index contributed by atoms with van der Waals surface area (Å²) in [5.74, 6) is 0. The first-order valence-electron chi connectivity index (χ1n) is 11.9. The molecule has 0 unspecified atom stereocenters. The van der Waals surface area contributed by atoms with Crippen LogP contribution in [0, 0.1) is 12.1 Å². The first kappa shape index (κ1) is 24.5. The fourth-order valence-electron chi connectivity index (χ4n) is 4.43. The van der Waals surface area contributed by atoms with Gasteiger partial charge in [-0.15, -0.1) is 71.3 Å². The molecule has 0 amide bonds. The predicted octanol–water partition coefficient (Wildman–Crippen LogP) is 8.40. The average Bonchev–Trinajstić information content (AvgIpc) is 3.39. The second-order valence-corrected chi connectivity index (χ2v) is 8.52. The van der Waals surface area contributed by atoms with Crippen molar-refractivity contribution in [3.63, 3.8) is 0 Å². The van der Waals surface area contributed by atoms with Crippen LogP contribution in [0.4, 0.5) is 0 Å². The minimum atomic E-state index is 0. The van der Waals surface area contributed by atoms with Crippen molar-refractivity contribution in [2.24, 2.45) is 0 Å². The van der Waals surface area contributed by atoms with Gasteiger partial charge in [-0.25, -0.2) is 0 Å². The zero-order valence-corrected chi connectivity index (χ0v) is 22.3. The number of benzene rings is 4. The first-order valence-corrected chi connectivity index (χ1v) is 11.9. The fourth-order valence-corrected chi connectivity index (χ4v) is 4.43. The Hall–Kier alpha value is -4.17. The third-order valence-electron chi connectivity index (χ3n) is 6.17. The van der Waals surface area contributed by atoms with Crippen LogP contribution in [0.1, 0.15) is 11.1 Å². The molecule has 0 spiro atoms. The fraction of sp³-hybridized carbons (Fsp3) is 0. The van der Waals surface area contributed by atoms with Crippen LogP contribution in [-0.2, 0) is 20.1 Å². The molecule has 1 radical (unpaired) electrons. The van der Waals surface area contributed by atoms with Crippen molar-refractivity contribution < 1.29 is 20.1 Å². The molecule has 179 valence electrons. The molecule has 0 saturated heterocycles. The summed E-state index contributed by atoms with van der Waals surface area (Å²) in [7, 11) is 0. The van der Waals surface area contributed by atoms with E-state index < -0.39 is 0 Å². The quantitative estimate of drug-likeness (QED) is 0.180. The van der Waals surface area contributed by atoms with Crippen LogP contribution < -0.4 is 0 Å². The van der Waals surface area contributed by atoms with Gasteiger partial charge in [-0.05, 0) is 40.2 Å². The van der Waals surface area contributed by atoms with Crippen molar-refractivity contribution in [1.82, 2.24) is 9.97 Å². The second-order valence-electron chi connectivity index (χ2n) is 8.52. The molecule has 2 heterocycles. The summed E-state index contributed by atoms with van der Waals surface area (Å²) in [4.78, 5) is 9.09. The van der Waals surface area contributed by atoms with E-state index in [1.54, 1.807) is 6.20 Å². The molecule has 0 fully saturated rings. The van der Waals surface area contributed by atoms with Crippen molar-refractivity contribution >= 4 is 23.1 Å². The molecular weight excluding hydrogens is 629 g/mol. The van der Waals surface area contributed by atoms with Gasteiger partial charge in [0.2, 0.25) is 0 Å². The monoisotopic (exact) mass is 651 g/mol. The number of hydrogen-bond donors (Lipinski definition) is 0. The molecule has 0 atom stereocenters. The Balaban J connectivity index is 0.000000147. The number of aromatic nitrogens is 2. The normalized spacial score (nSPS) is 10.9. The molecule has 2 nitrogen and oxygen atoms in total. The Morgan fingerprint density at radius 3 is 2.16 bits per heavy atom. The van der Waals surface area contributed by atoms with E-state index in [1.165, 1.54) is 27.6 Å². The maximum atomic E-state index is 4.74. The van der Waals surface area contributed by atoms with Crippen molar-refractivity contribution in [2.75, 3.05) is 0 Å². The van der Waals surface area contributed by atoms with Gasteiger partial charge < -0.3 is 4.98 Å². The molecule has 7 rings (SSSR count). The molecule has 0 N–H and O–H groups in total. The summed E-state index contributed by atoms with van der Waals surface area (Å²) in [6.07, 6.45) is 6.11. The van der Waals surface area contributed by atoms with Crippen LogP contribution >= 0.6 is 0 Å². The van der Waals surface area contributed by atoms with Gasteiger partial charge in [0.1, 0.15) is 0 Å². The largest absolute Gasteiger partial charge is 0.305 e. The van der Waals surface area contributed by atoms with Crippen molar-refractivity contribution in [3.8, 4) is 33.6 Å². The molecule has 0 aliphatic heterocycles. The molecule has 0 bridgehead atoms. The third-order valence-corrected chi connectivity index (χ3v) is 6.17. The van der Waals surface area contributed by atoms with Crippen LogP contribution in [0.15, 0.2) is 121 Å². The van der Waals surface area contributed by atoms with E-state index in [1.807, 2.05) is 66.7 Å². The van der Waals surface area contributed by atoms with E-state index in [-0.39, 0.29) is 20.1 Å². The molecule has 2 aromatic heterocycles. The molecule has 6 aromatic rings. The summed E-state index contributed by atoms with van der Waals surface area (Å²) >= 11 is 0. The molecular formula is C34H22IrN2-2. The zero-order chi connectivity index (χ0) is 24.2. The summed E-state index contributed by atoms with van der Waals surface area (Å²) in [6, 6.07) is 45.2. The third kappa shape index (κ3) is 5.34. The number of rotatable bonds is 3. The zero-order valence-electron chi connectivity index (χ0n) is 19.9. The van der Waals surface area contributed by atoms with Crippen LogP contribution in [0.5, 0.6) is 0 Å². The Morgan fingerprint density at radius 1 is 0.541 bits per heavy atom. The maximum Gasteiger partial charge on any atom is 0.0607 e. The maximum absolute atomic E-state index is 4.74. The minimum absolute atomic E-state index is 0. The van der Waals surface area contributed by atoms with Gasteiger partial charge in [0, 0.05) is 31.7 Å². The van der Waals surface area contributed by atoms with Crippen molar-refractivity contribution in [1.29, 1.82) is 0 Å². The van der Waals surface area contributed by atoms with Gasteiger partial charge in [0.15, 0.2) is 0 Å². The summed E-state index contributed by atoms with van der Waals surface area (Å²) in [5, 5.41) is 1.26. The molecule has 3 heteroatoms. The van der Waals surface area contributed by atoms with E-state index >= 15 is 0 Å². The van der Waals surface area contributed by atoms with Gasteiger partial charge in [0.05, 0.1) is 5.52 Å². The van der Waals surface area contributed by atoms with Gasteiger partial charge in [-0.1, -0.05) is 72.8 Å². The SMILES string of the molecule is [Ir].[c-]1ccc(-c2ccccc2)cc1-c1ccccn1.[c-]1ccccc1-c1cc2c3c(cccc3n1)C=C2. The summed E-state index contributed by atoms with van der Waals surface area (Å²) < 4.78 is 0. The molecule has 4 aromatic carbocycles. The molecule has 37 heavy (non-hydrogen) atoms. The van der Waals surface area contributed by atoms with E-state index in [4.69, 9.17) is 4.98 Å². The van der Waals surface area contributed by atoms with Gasteiger partial charge >= 0.3 is 0 Å². The second kappa shape index (κ2) is 11.3. The number of hydrogen-bond acceptors (Lipinski definition) is 2. The summed E-state index contributed by atoms with van der Waals surface area (Å²) in [6.45, 7) is 0. The Labute approximate surface area is 230 Å². The van der Waals surface area contributed by atoms with Crippen LogP contribution in [0.2, 0.25) is 0 Å². The summed E-state index contributed by atoms with van der Waals surface area (Å²) in [5.41, 5.74) is 9.98. The van der Waals surface area contributed by atoms with Crippen LogP contribution in [0.25, 0.3) is 56.7 Å².